The molecule has 3 aromatic rings. The van der Waals surface area contributed by atoms with Crippen LogP contribution in [0.4, 0.5) is 0 Å². The summed E-state index contributed by atoms with van der Waals surface area (Å²) >= 11 is 0. The van der Waals surface area contributed by atoms with Crippen LogP contribution in [0.3, 0.4) is 0 Å². The summed E-state index contributed by atoms with van der Waals surface area (Å²) in [6.45, 7) is 3.32. The normalized spacial score (nSPS) is 14.3. The van der Waals surface area contributed by atoms with Crippen LogP contribution in [0.5, 0.6) is 5.75 Å². The highest BCUT2D eigenvalue weighted by Crippen LogP contribution is 2.37. The van der Waals surface area contributed by atoms with Gasteiger partial charge in [0, 0.05) is 25.2 Å². The third kappa shape index (κ3) is 4.64. The Labute approximate surface area is 177 Å². The van der Waals surface area contributed by atoms with E-state index in [-0.39, 0.29) is 12.5 Å². The predicted molar refractivity (Wildman–Crippen MR) is 120 cm³/mol. The SMILES string of the molecule is CN(C)Cc1cccc(-c2c(OCC(=O)N3CCOCC3)ccc3ccccc23)c1. The maximum atomic E-state index is 12.6. The van der Waals surface area contributed by atoms with Crippen molar-refractivity contribution in [2.24, 2.45) is 0 Å². The van der Waals surface area contributed by atoms with E-state index in [4.69, 9.17) is 9.47 Å². The number of nitrogens with zero attached hydrogens (tertiary/aromatic N) is 2. The van der Waals surface area contributed by atoms with Crippen molar-refractivity contribution in [2.75, 3.05) is 47.0 Å². The molecular formula is C25H28N2O3. The Hall–Kier alpha value is -2.89. The largest absolute Gasteiger partial charge is 0.483 e. The molecule has 1 aliphatic heterocycles. The van der Waals surface area contributed by atoms with Gasteiger partial charge in [0.1, 0.15) is 5.75 Å². The summed E-state index contributed by atoms with van der Waals surface area (Å²) in [4.78, 5) is 16.6. The van der Waals surface area contributed by atoms with Crippen LogP contribution in [-0.2, 0) is 16.1 Å². The highest BCUT2D eigenvalue weighted by molar-refractivity contribution is 6.00. The summed E-state index contributed by atoms with van der Waals surface area (Å²) in [6.07, 6.45) is 0. The van der Waals surface area contributed by atoms with Crippen molar-refractivity contribution in [3.8, 4) is 16.9 Å². The quantitative estimate of drug-likeness (QED) is 0.627. The van der Waals surface area contributed by atoms with Gasteiger partial charge in [-0.3, -0.25) is 4.79 Å². The van der Waals surface area contributed by atoms with Crippen molar-refractivity contribution < 1.29 is 14.3 Å². The van der Waals surface area contributed by atoms with Crippen molar-refractivity contribution in [2.45, 2.75) is 6.54 Å². The summed E-state index contributed by atoms with van der Waals surface area (Å²) in [6, 6.07) is 20.9. The molecule has 0 saturated carbocycles. The zero-order valence-corrected chi connectivity index (χ0v) is 17.6. The number of carbonyl (C=O) groups is 1. The van der Waals surface area contributed by atoms with Gasteiger partial charge in [-0.15, -0.1) is 0 Å². The number of carbonyl (C=O) groups excluding carboxylic acids is 1. The zero-order chi connectivity index (χ0) is 20.9. The first kappa shape index (κ1) is 20.4. The zero-order valence-electron chi connectivity index (χ0n) is 17.6. The summed E-state index contributed by atoms with van der Waals surface area (Å²) in [5, 5.41) is 2.27. The predicted octanol–water partition coefficient (Wildman–Crippen LogP) is 3.81. The average Bonchev–Trinajstić information content (AvgIpc) is 2.77. The number of benzene rings is 3. The van der Waals surface area contributed by atoms with Gasteiger partial charge in [0.2, 0.25) is 0 Å². The monoisotopic (exact) mass is 404 g/mol. The maximum Gasteiger partial charge on any atom is 0.260 e. The van der Waals surface area contributed by atoms with E-state index < -0.39 is 0 Å². The van der Waals surface area contributed by atoms with Gasteiger partial charge in [-0.2, -0.15) is 0 Å². The Morgan fingerprint density at radius 2 is 1.83 bits per heavy atom. The van der Waals surface area contributed by atoms with Crippen LogP contribution in [0.25, 0.3) is 21.9 Å². The van der Waals surface area contributed by atoms with Crippen LogP contribution in [0.1, 0.15) is 5.56 Å². The Morgan fingerprint density at radius 1 is 1.03 bits per heavy atom. The molecule has 1 amide bonds. The third-order valence-corrected chi connectivity index (χ3v) is 5.32. The van der Waals surface area contributed by atoms with Crippen molar-refractivity contribution in [1.29, 1.82) is 0 Å². The molecule has 5 heteroatoms. The van der Waals surface area contributed by atoms with E-state index in [2.05, 4.69) is 61.5 Å². The van der Waals surface area contributed by atoms with E-state index >= 15 is 0 Å². The van der Waals surface area contributed by atoms with Gasteiger partial charge in [0.25, 0.3) is 5.91 Å². The minimum Gasteiger partial charge on any atom is -0.483 e. The molecule has 4 rings (SSSR count). The van der Waals surface area contributed by atoms with E-state index in [1.807, 2.05) is 23.1 Å². The molecular weight excluding hydrogens is 376 g/mol. The molecule has 0 N–H and O–H groups in total. The second-order valence-electron chi connectivity index (χ2n) is 7.88. The molecule has 0 bridgehead atoms. The van der Waals surface area contributed by atoms with Crippen molar-refractivity contribution >= 4 is 16.7 Å². The molecule has 0 spiro atoms. The fourth-order valence-electron chi connectivity index (χ4n) is 3.90. The van der Waals surface area contributed by atoms with Gasteiger partial charge in [-0.1, -0.05) is 48.5 Å². The fraction of sp³-hybridized carbons (Fsp3) is 0.320. The van der Waals surface area contributed by atoms with E-state index in [1.165, 1.54) is 5.56 Å². The molecule has 1 saturated heterocycles. The number of ether oxygens (including phenoxy) is 2. The van der Waals surface area contributed by atoms with Crippen molar-refractivity contribution in [3.63, 3.8) is 0 Å². The third-order valence-electron chi connectivity index (χ3n) is 5.32. The molecule has 0 aliphatic carbocycles. The molecule has 3 aromatic carbocycles. The lowest BCUT2D eigenvalue weighted by Crippen LogP contribution is -2.43. The van der Waals surface area contributed by atoms with Gasteiger partial charge in [0.15, 0.2) is 6.61 Å². The Kier molecular flexibility index (Phi) is 6.31. The smallest absolute Gasteiger partial charge is 0.260 e. The number of fused-ring (bicyclic) bond motifs is 1. The Morgan fingerprint density at radius 3 is 2.63 bits per heavy atom. The molecule has 0 atom stereocenters. The van der Waals surface area contributed by atoms with E-state index in [1.54, 1.807) is 0 Å². The standard InChI is InChI=1S/C25H28N2O3/c1-26(2)17-19-6-5-8-21(16-19)25-22-9-4-3-7-20(22)10-11-23(25)30-18-24(28)27-12-14-29-15-13-27/h3-11,16H,12-15,17-18H2,1-2H3. The molecule has 30 heavy (non-hydrogen) atoms. The minimum atomic E-state index is -0.00114. The highest BCUT2D eigenvalue weighted by atomic mass is 16.5. The van der Waals surface area contributed by atoms with Gasteiger partial charge >= 0.3 is 0 Å². The maximum absolute atomic E-state index is 12.6. The minimum absolute atomic E-state index is 0.00114. The summed E-state index contributed by atoms with van der Waals surface area (Å²) in [7, 11) is 4.13. The second-order valence-corrected chi connectivity index (χ2v) is 7.88. The van der Waals surface area contributed by atoms with E-state index in [9.17, 15) is 4.79 Å². The number of amides is 1. The van der Waals surface area contributed by atoms with Crippen LogP contribution >= 0.6 is 0 Å². The molecule has 5 nitrogen and oxygen atoms in total. The van der Waals surface area contributed by atoms with E-state index in [0.717, 1.165) is 34.2 Å². The van der Waals surface area contributed by atoms with Crippen LogP contribution in [-0.4, -0.2) is 62.7 Å². The van der Waals surface area contributed by atoms with Gasteiger partial charge in [-0.05, 0) is 48.1 Å². The first-order valence-corrected chi connectivity index (χ1v) is 10.4. The van der Waals surface area contributed by atoms with Crippen LogP contribution < -0.4 is 4.74 Å². The van der Waals surface area contributed by atoms with Gasteiger partial charge in [0.05, 0.1) is 13.2 Å². The number of hydrogen-bond acceptors (Lipinski definition) is 4. The molecule has 1 heterocycles. The number of morpholine rings is 1. The van der Waals surface area contributed by atoms with Crippen molar-refractivity contribution in [1.82, 2.24) is 9.80 Å². The summed E-state index contributed by atoms with van der Waals surface area (Å²) < 4.78 is 11.4. The molecule has 0 aromatic heterocycles. The molecule has 0 unspecified atom stereocenters. The topological polar surface area (TPSA) is 42.0 Å². The lowest BCUT2D eigenvalue weighted by atomic mass is 9.96. The fourth-order valence-corrected chi connectivity index (χ4v) is 3.90. The van der Waals surface area contributed by atoms with Crippen LogP contribution in [0, 0.1) is 0 Å². The van der Waals surface area contributed by atoms with Crippen molar-refractivity contribution in [3.05, 3.63) is 66.2 Å². The number of rotatable bonds is 6. The van der Waals surface area contributed by atoms with Crippen LogP contribution in [0.15, 0.2) is 60.7 Å². The lowest BCUT2D eigenvalue weighted by Gasteiger charge is -2.27. The van der Waals surface area contributed by atoms with Gasteiger partial charge in [-0.25, -0.2) is 0 Å². The van der Waals surface area contributed by atoms with E-state index in [0.29, 0.717) is 26.3 Å². The molecule has 0 radical (unpaired) electrons. The lowest BCUT2D eigenvalue weighted by molar-refractivity contribution is -0.137. The van der Waals surface area contributed by atoms with Crippen LogP contribution in [0.2, 0.25) is 0 Å². The highest BCUT2D eigenvalue weighted by Gasteiger charge is 2.19. The molecule has 156 valence electrons. The summed E-state index contributed by atoms with van der Waals surface area (Å²) in [5.41, 5.74) is 3.37. The average molecular weight is 405 g/mol. The first-order valence-electron chi connectivity index (χ1n) is 10.4. The second kappa shape index (κ2) is 9.28. The summed E-state index contributed by atoms with van der Waals surface area (Å²) in [5.74, 6) is 0.732. The van der Waals surface area contributed by atoms with Gasteiger partial charge < -0.3 is 19.3 Å². The Bertz CT molecular complexity index is 1030. The molecule has 1 fully saturated rings. The first-order chi connectivity index (χ1) is 14.6. The number of hydrogen-bond donors (Lipinski definition) is 0. The molecule has 1 aliphatic rings. The Balaban J connectivity index is 1.67.